The summed E-state index contributed by atoms with van der Waals surface area (Å²) in [4.78, 5) is 13.2. The van der Waals surface area contributed by atoms with Crippen molar-refractivity contribution < 1.29 is 13.2 Å². The van der Waals surface area contributed by atoms with Crippen LogP contribution in [0.2, 0.25) is 0 Å². The molecule has 0 aliphatic carbocycles. The number of anilines is 2. The molecule has 0 atom stereocenters. The van der Waals surface area contributed by atoms with Gasteiger partial charge in [0.2, 0.25) is 5.91 Å². The fourth-order valence-corrected chi connectivity index (χ4v) is 3.34. The van der Waals surface area contributed by atoms with E-state index in [9.17, 15) is 13.2 Å². The van der Waals surface area contributed by atoms with Crippen molar-refractivity contribution >= 4 is 27.4 Å². The standard InChI is InChI=1S/C12H12N4O3S/c1-15-10-3-2-9(6-8(10)7-12(15)17)20(18,19)16-5-4-11(13)14-16/h2-6H,7H2,1H3,(H2,13,14). The fraction of sp³-hybridized carbons (Fsp3) is 0.167. The van der Waals surface area contributed by atoms with Crippen LogP contribution in [0.5, 0.6) is 0 Å². The number of nitrogens with two attached hydrogens (primary N) is 1. The molecule has 0 saturated heterocycles. The number of benzene rings is 1. The second kappa shape index (κ2) is 4.07. The fourth-order valence-electron chi connectivity index (χ4n) is 2.17. The van der Waals surface area contributed by atoms with E-state index in [1.54, 1.807) is 13.1 Å². The zero-order valence-corrected chi connectivity index (χ0v) is 11.5. The molecule has 2 N–H and O–H groups in total. The Kier molecular flexibility index (Phi) is 2.58. The molecule has 3 rings (SSSR count). The molecule has 0 spiro atoms. The van der Waals surface area contributed by atoms with E-state index in [0.29, 0.717) is 5.56 Å². The minimum Gasteiger partial charge on any atom is -0.382 e. The molecule has 1 aliphatic heterocycles. The van der Waals surface area contributed by atoms with E-state index in [2.05, 4.69) is 5.10 Å². The van der Waals surface area contributed by atoms with Crippen molar-refractivity contribution in [1.82, 2.24) is 9.19 Å². The van der Waals surface area contributed by atoms with Gasteiger partial charge in [0.15, 0.2) is 0 Å². The van der Waals surface area contributed by atoms with Crippen LogP contribution in [-0.4, -0.2) is 30.6 Å². The molecule has 1 amide bonds. The van der Waals surface area contributed by atoms with Crippen LogP contribution in [0.25, 0.3) is 0 Å². The lowest BCUT2D eigenvalue weighted by Crippen LogP contribution is -2.20. The summed E-state index contributed by atoms with van der Waals surface area (Å²) in [5, 5.41) is 3.71. The third-order valence-corrected chi connectivity index (χ3v) is 4.80. The van der Waals surface area contributed by atoms with Gasteiger partial charge in [0, 0.05) is 25.0 Å². The monoisotopic (exact) mass is 292 g/mol. The largest absolute Gasteiger partial charge is 0.382 e. The minimum atomic E-state index is -3.78. The lowest BCUT2D eigenvalue weighted by atomic mass is 10.2. The molecular weight excluding hydrogens is 280 g/mol. The molecule has 1 aromatic heterocycles. The summed E-state index contributed by atoms with van der Waals surface area (Å²) in [7, 11) is -2.12. The first kappa shape index (κ1) is 12.7. The maximum Gasteiger partial charge on any atom is 0.283 e. The van der Waals surface area contributed by atoms with Crippen molar-refractivity contribution in [1.29, 1.82) is 0 Å². The zero-order chi connectivity index (χ0) is 14.5. The number of nitrogen functional groups attached to an aromatic ring is 1. The summed E-state index contributed by atoms with van der Waals surface area (Å²) in [6.45, 7) is 0. The summed E-state index contributed by atoms with van der Waals surface area (Å²) >= 11 is 0. The molecule has 0 fully saturated rings. The van der Waals surface area contributed by atoms with Gasteiger partial charge in [-0.05, 0) is 23.8 Å². The first-order valence-corrected chi connectivity index (χ1v) is 7.30. The molecule has 20 heavy (non-hydrogen) atoms. The Hall–Kier alpha value is -2.35. The van der Waals surface area contributed by atoms with Crippen molar-refractivity contribution in [2.75, 3.05) is 17.7 Å². The molecule has 2 heterocycles. The highest BCUT2D eigenvalue weighted by Gasteiger charge is 2.27. The van der Waals surface area contributed by atoms with Crippen LogP contribution >= 0.6 is 0 Å². The van der Waals surface area contributed by atoms with E-state index < -0.39 is 10.0 Å². The highest BCUT2D eigenvalue weighted by atomic mass is 32.2. The van der Waals surface area contributed by atoms with Crippen LogP contribution in [0.3, 0.4) is 0 Å². The Labute approximate surface area is 115 Å². The quantitative estimate of drug-likeness (QED) is 0.854. The van der Waals surface area contributed by atoms with Crippen molar-refractivity contribution in [3.63, 3.8) is 0 Å². The number of likely N-dealkylation sites (N-methyl/N-ethyl adjacent to an activating group) is 1. The van der Waals surface area contributed by atoms with Crippen molar-refractivity contribution in [3.05, 3.63) is 36.0 Å². The second-order valence-corrected chi connectivity index (χ2v) is 6.33. The Balaban J connectivity index is 2.09. The topological polar surface area (TPSA) is 98.3 Å². The van der Waals surface area contributed by atoms with E-state index in [0.717, 1.165) is 9.77 Å². The third kappa shape index (κ3) is 1.76. The molecule has 0 bridgehead atoms. The molecule has 2 aromatic rings. The zero-order valence-electron chi connectivity index (χ0n) is 10.6. The smallest absolute Gasteiger partial charge is 0.283 e. The number of carbonyl (C=O) groups is 1. The van der Waals surface area contributed by atoms with Gasteiger partial charge in [-0.25, -0.2) is 0 Å². The maximum atomic E-state index is 12.4. The molecule has 0 radical (unpaired) electrons. The first-order chi connectivity index (χ1) is 9.39. The van der Waals surface area contributed by atoms with Gasteiger partial charge < -0.3 is 10.6 Å². The summed E-state index contributed by atoms with van der Waals surface area (Å²) in [6.07, 6.45) is 1.49. The third-order valence-electron chi connectivity index (χ3n) is 3.26. The Morgan fingerprint density at radius 3 is 2.70 bits per heavy atom. The van der Waals surface area contributed by atoms with Gasteiger partial charge in [0.05, 0.1) is 11.3 Å². The normalized spacial score (nSPS) is 14.7. The average Bonchev–Trinajstić information content (AvgIpc) is 2.95. The van der Waals surface area contributed by atoms with Crippen LogP contribution in [0.15, 0.2) is 35.4 Å². The predicted octanol–water partition coefficient (Wildman–Crippen LogP) is 0.221. The maximum absolute atomic E-state index is 12.4. The molecule has 0 unspecified atom stereocenters. The number of rotatable bonds is 2. The number of hydrogen-bond donors (Lipinski definition) is 1. The second-order valence-electron chi connectivity index (χ2n) is 4.54. The van der Waals surface area contributed by atoms with Gasteiger partial charge in [-0.2, -0.15) is 12.5 Å². The lowest BCUT2D eigenvalue weighted by Gasteiger charge is -2.10. The number of aromatic nitrogens is 2. The summed E-state index contributed by atoms with van der Waals surface area (Å²) < 4.78 is 25.5. The Bertz CT molecular complexity index is 810. The molecule has 0 saturated carbocycles. The Morgan fingerprint density at radius 2 is 2.05 bits per heavy atom. The Morgan fingerprint density at radius 1 is 1.30 bits per heavy atom. The van der Waals surface area contributed by atoms with Crippen molar-refractivity contribution in [3.8, 4) is 0 Å². The molecule has 8 heteroatoms. The van der Waals surface area contributed by atoms with Crippen LogP contribution in [-0.2, 0) is 21.2 Å². The summed E-state index contributed by atoms with van der Waals surface area (Å²) in [5.41, 5.74) is 6.86. The SMILES string of the molecule is CN1C(=O)Cc2cc(S(=O)(=O)n3ccc(N)n3)ccc21. The van der Waals surface area contributed by atoms with Gasteiger partial charge in [0.25, 0.3) is 10.0 Å². The van der Waals surface area contributed by atoms with Crippen LogP contribution in [0.4, 0.5) is 11.5 Å². The van der Waals surface area contributed by atoms with E-state index >= 15 is 0 Å². The number of nitrogens with zero attached hydrogens (tertiary/aromatic N) is 3. The van der Waals surface area contributed by atoms with Gasteiger partial charge in [-0.1, -0.05) is 0 Å². The molecule has 1 aliphatic rings. The van der Waals surface area contributed by atoms with Crippen molar-refractivity contribution in [2.24, 2.45) is 0 Å². The van der Waals surface area contributed by atoms with Gasteiger partial charge in [-0.15, -0.1) is 5.10 Å². The predicted molar refractivity (Wildman–Crippen MR) is 72.8 cm³/mol. The average molecular weight is 292 g/mol. The van der Waals surface area contributed by atoms with E-state index in [1.807, 2.05) is 0 Å². The first-order valence-electron chi connectivity index (χ1n) is 5.86. The van der Waals surface area contributed by atoms with E-state index in [1.165, 1.54) is 29.3 Å². The lowest BCUT2D eigenvalue weighted by molar-refractivity contribution is -0.117. The number of carbonyl (C=O) groups excluding carboxylic acids is 1. The van der Waals surface area contributed by atoms with Crippen LogP contribution in [0.1, 0.15) is 5.56 Å². The highest BCUT2D eigenvalue weighted by Crippen LogP contribution is 2.30. The van der Waals surface area contributed by atoms with Gasteiger partial charge in [-0.3, -0.25) is 4.79 Å². The van der Waals surface area contributed by atoms with Gasteiger partial charge in [0.1, 0.15) is 5.82 Å². The molecule has 7 nitrogen and oxygen atoms in total. The number of fused-ring (bicyclic) bond motifs is 1. The summed E-state index contributed by atoms with van der Waals surface area (Å²) in [6, 6.07) is 5.99. The number of amides is 1. The molecule has 1 aromatic carbocycles. The molecular formula is C12H12N4O3S. The summed E-state index contributed by atoms with van der Waals surface area (Å²) in [5.74, 6) is 0.0718. The highest BCUT2D eigenvalue weighted by molar-refractivity contribution is 7.89. The van der Waals surface area contributed by atoms with Gasteiger partial charge >= 0.3 is 0 Å². The van der Waals surface area contributed by atoms with E-state index in [4.69, 9.17) is 5.73 Å². The van der Waals surface area contributed by atoms with Crippen molar-refractivity contribution in [2.45, 2.75) is 11.3 Å². The van der Waals surface area contributed by atoms with Crippen LogP contribution < -0.4 is 10.6 Å². The number of hydrogen-bond acceptors (Lipinski definition) is 5. The molecule has 104 valence electrons. The van der Waals surface area contributed by atoms with Crippen LogP contribution in [0, 0.1) is 0 Å². The van der Waals surface area contributed by atoms with E-state index in [-0.39, 0.29) is 23.0 Å². The minimum absolute atomic E-state index is 0.0575.